The van der Waals surface area contributed by atoms with Gasteiger partial charge in [0.2, 0.25) is 0 Å². The summed E-state index contributed by atoms with van der Waals surface area (Å²) in [7, 11) is 3.74. The van der Waals surface area contributed by atoms with E-state index in [-0.39, 0.29) is 0 Å². The average Bonchev–Trinajstić information content (AvgIpc) is 2.79. The minimum Gasteiger partial charge on any atom is -0.379 e. The van der Waals surface area contributed by atoms with E-state index in [4.69, 9.17) is 9.47 Å². The fraction of sp³-hybridized carbons (Fsp3) is 0.900. The monoisotopic (exact) mass is 302 g/mol. The van der Waals surface area contributed by atoms with Crippen LogP contribution in [0.5, 0.6) is 0 Å². The van der Waals surface area contributed by atoms with Gasteiger partial charge < -0.3 is 9.47 Å². The molecule has 0 N–H and O–H groups in total. The largest absolute Gasteiger partial charge is 0.379 e. The van der Waals surface area contributed by atoms with E-state index >= 15 is 0 Å². The molecule has 122 valence electrons. The van der Waals surface area contributed by atoms with Crippen LogP contribution >= 0.6 is 0 Å². The van der Waals surface area contributed by atoms with Crippen molar-refractivity contribution in [3.8, 4) is 0 Å². The lowest BCUT2D eigenvalue weighted by Crippen LogP contribution is -2.39. The Balaban J connectivity index is 1.39. The van der Waals surface area contributed by atoms with Gasteiger partial charge in [-0.25, -0.2) is 0 Å². The van der Waals surface area contributed by atoms with E-state index in [1.165, 1.54) is 38.5 Å². The van der Waals surface area contributed by atoms with Gasteiger partial charge in [-0.3, -0.25) is 0 Å². The van der Waals surface area contributed by atoms with Crippen LogP contribution in [0.1, 0.15) is 44.9 Å². The molecular formula is C20H30O2. The van der Waals surface area contributed by atoms with Crippen LogP contribution in [-0.4, -0.2) is 26.4 Å². The van der Waals surface area contributed by atoms with Crippen molar-refractivity contribution in [1.82, 2.24) is 0 Å². The maximum atomic E-state index is 5.74. The lowest BCUT2D eigenvalue weighted by atomic mass is 9.59. The number of hydrogen-bond donors (Lipinski definition) is 0. The van der Waals surface area contributed by atoms with Gasteiger partial charge in [0.1, 0.15) is 0 Å². The summed E-state index contributed by atoms with van der Waals surface area (Å²) in [5.74, 6) is 6.20. The third-order valence-electron chi connectivity index (χ3n) is 8.48. The molecule has 0 spiro atoms. The van der Waals surface area contributed by atoms with Gasteiger partial charge in [-0.1, -0.05) is 12.2 Å². The van der Waals surface area contributed by atoms with Gasteiger partial charge in [-0.05, 0) is 85.9 Å². The number of hydrogen-bond acceptors (Lipinski definition) is 2. The van der Waals surface area contributed by atoms with E-state index in [1.807, 2.05) is 14.2 Å². The number of allylic oxidation sites excluding steroid dienone is 2. The molecule has 0 amide bonds. The molecule has 0 radical (unpaired) electrons. The van der Waals surface area contributed by atoms with Crippen LogP contribution in [-0.2, 0) is 9.47 Å². The van der Waals surface area contributed by atoms with Crippen molar-refractivity contribution < 1.29 is 9.47 Å². The number of rotatable bonds is 3. The predicted octanol–water partition coefficient (Wildman–Crippen LogP) is 4.05. The highest BCUT2D eigenvalue weighted by atomic mass is 16.5. The quantitative estimate of drug-likeness (QED) is 0.732. The standard InChI is InChI=1S/C20H30O2/c1-21-17-9-12(10-18(17)22-2)20-15-11-16(20)19(20)14-8-6-4-3-5-7-13(14)15/h3-4,12-19H,5-11H2,1-2H3. The highest BCUT2D eigenvalue weighted by Crippen LogP contribution is 2.89. The minimum absolute atomic E-state index is 0.347. The van der Waals surface area contributed by atoms with Gasteiger partial charge in [-0.2, -0.15) is 0 Å². The molecule has 5 aliphatic rings. The molecule has 8 atom stereocenters. The molecule has 22 heavy (non-hydrogen) atoms. The van der Waals surface area contributed by atoms with Gasteiger partial charge >= 0.3 is 0 Å². The van der Waals surface area contributed by atoms with Crippen molar-refractivity contribution in [1.29, 1.82) is 0 Å². The van der Waals surface area contributed by atoms with Crippen molar-refractivity contribution in [3.63, 3.8) is 0 Å². The van der Waals surface area contributed by atoms with Crippen LogP contribution in [0.25, 0.3) is 0 Å². The van der Waals surface area contributed by atoms with Crippen molar-refractivity contribution in [2.24, 2.45) is 40.9 Å². The number of fused-ring (bicyclic) bond motifs is 4. The lowest BCUT2D eigenvalue weighted by Gasteiger charge is -2.45. The van der Waals surface area contributed by atoms with Crippen LogP contribution in [0.2, 0.25) is 0 Å². The van der Waals surface area contributed by atoms with E-state index in [2.05, 4.69) is 12.2 Å². The zero-order valence-electron chi connectivity index (χ0n) is 14.0. The second-order valence-corrected chi connectivity index (χ2v) is 8.64. The molecule has 0 aliphatic heterocycles. The Morgan fingerprint density at radius 3 is 2.09 bits per heavy atom. The Kier molecular flexibility index (Phi) is 3.08. The highest BCUT2D eigenvalue weighted by molar-refractivity contribution is 5.32. The summed E-state index contributed by atoms with van der Waals surface area (Å²) in [6.45, 7) is 0. The van der Waals surface area contributed by atoms with Crippen LogP contribution < -0.4 is 0 Å². The molecule has 0 saturated heterocycles. The maximum absolute atomic E-state index is 5.74. The van der Waals surface area contributed by atoms with E-state index < -0.39 is 0 Å². The zero-order chi connectivity index (χ0) is 14.9. The highest BCUT2D eigenvalue weighted by Gasteiger charge is 2.85. The topological polar surface area (TPSA) is 18.5 Å². The summed E-state index contributed by atoms with van der Waals surface area (Å²) in [4.78, 5) is 0. The first-order valence-electron chi connectivity index (χ1n) is 9.53. The Morgan fingerprint density at radius 1 is 0.818 bits per heavy atom. The Morgan fingerprint density at radius 2 is 1.45 bits per heavy atom. The maximum Gasteiger partial charge on any atom is 0.0835 e. The van der Waals surface area contributed by atoms with Crippen LogP contribution in [0, 0.1) is 40.9 Å². The second-order valence-electron chi connectivity index (χ2n) is 8.64. The van der Waals surface area contributed by atoms with E-state index in [0.717, 1.165) is 40.9 Å². The van der Waals surface area contributed by atoms with Crippen LogP contribution in [0.3, 0.4) is 0 Å². The van der Waals surface area contributed by atoms with Gasteiger partial charge in [0.15, 0.2) is 0 Å². The molecule has 0 aromatic rings. The third kappa shape index (κ3) is 1.54. The van der Waals surface area contributed by atoms with E-state index in [1.54, 1.807) is 6.42 Å². The van der Waals surface area contributed by atoms with E-state index in [9.17, 15) is 0 Å². The van der Waals surface area contributed by atoms with Gasteiger partial charge in [0, 0.05) is 14.2 Å². The predicted molar refractivity (Wildman–Crippen MR) is 86.4 cm³/mol. The van der Waals surface area contributed by atoms with Crippen molar-refractivity contribution >= 4 is 0 Å². The average molecular weight is 302 g/mol. The Hall–Kier alpha value is -0.340. The molecular weight excluding hydrogens is 272 g/mol. The molecule has 4 saturated carbocycles. The van der Waals surface area contributed by atoms with Gasteiger partial charge in [-0.15, -0.1) is 0 Å². The smallest absolute Gasteiger partial charge is 0.0835 e. The van der Waals surface area contributed by atoms with Gasteiger partial charge in [0.05, 0.1) is 12.2 Å². The SMILES string of the molecule is COC1CC(C23C4CC2C3C2CCC=CCCC24)CC1OC. The summed E-state index contributed by atoms with van der Waals surface area (Å²) in [5, 5.41) is 0. The van der Waals surface area contributed by atoms with Gasteiger partial charge in [0.25, 0.3) is 0 Å². The van der Waals surface area contributed by atoms with Crippen molar-refractivity contribution in [3.05, 3.63) is 12.2 Å². The van der Waals surface area contributed by atoms with Crippen LogP contribution in [0.4, 0.5) is 0 Å². The molecule has 4 fully saturated rings. The fourth-order valence-electron chi connectivity index (χ4n) is 7.87. The van der Waals surface area contributed by atoms with E-state index in [0.29, 0.717) is 12.2 Å². The normalized spacial score (nSPS) is 58.5. The molecule has 5 aliphatic carbocycles. The second kappa shape index (κ2) is 4.83. The molecule has 8 unspecified atom stereocenters. The molecule has 5 rings (SSSR count). The Bertz CT molecular complexity index is 454. The summed E-state index contributed by atoms with van der Waals surface area (Å²) in [6, 6.07) is 0. The first-order valence-corrected chi connectivity index (χ1v) is 9.53. The minimum atomic E-state index is 0.347. The molecule has 2 nitrogen and oxygen atoms in total. The third-order valence-corrected chi connectivity index (χ3v) is 8.48. The molecule has 0 aromatic carbocycles. The number of methoxy groups -OCH3 is 2. The van der Waals surface area contributed by atoms with Crippen molar-refractivity contribution in [2.75, 3.05) is 14.2 Å². The first-order chi connectivity index (χ1) is 10.8. The molecule has 0 aromatic heterocycles. The summed E-state index contributed by atoms with van der Waals surface area (Å²) >= 11 is 0. The summed E-state index contributed by atoms with van der Waals surface area (Å²) in [6.07, 6.45) is 15.3. The first kappa shape index (κ1) is 14.0. The number of ether oxygens (including phenoxy) is 2. The lowest BCUT2D eigenvalue weighted by molar-refractivity contribution is -0.0157. The fourth-order valence-corrected chi connectivity index (χ4v) is 7.87. The molecule has 0 heterocycles. The van der Waals surface area contributed by atoms with Crippen molar-refractivity contribution in [2.45, 2.75) is 57.2 Å². The molecule has 0 bridgehead atoms. The Labute approximate surface area is 134 Å². The van der Waals surface area contributed by atoms with Crippen LogP contribution in [0.15, 0.2) is 12.2 Å². The summed E-state index contributed by atoms with van der Waals surface area (Å²) in [5.41, 5.74) is 0.740. The zero-order valence-corrected chi connectivity index (χ0v) is 14.0. The molecule has 2 heteroatoms. The summed E-state index contributed by atoms with van der Waals surface area (Å²) < 4.78 is 11.5.